The van der Waals surface area contributed by atoms with Gasteiger partial charge in [-0.2, -0.15) is 0 Å². The predicted octanol–water partition coefficient (Wildman–Crippen LogP) is 2.46. The van der Waals surface area contributed by atoms with Gasteiger partial charge >= 0.3 is 5.97 Å². The maximum absolute atomic E-state index is 10.9. The lowest BCUT2D eigenvalue weighted by Crippen LogP contribution is -2.50. The molecule has 18 heavy (non-hydrogen) atoms. The van der Waals surface area contributed by atoms with Crippen molar-refractivity contribution in [2.24, 2.45) is 11.8 Å². The normalized spacial score (nSPS) is 18.4. The number of hydrogen-bond acceptors (Lipinski definition) is 2. The van der Waals surface area contributed by atoms with E-state index in [0.29, 0.717) is 5.92 Å². The van der Waals surface area contributed by atoms with E-state index < -0.39 is 5.97 Å². The van der Waals surface area contributed by atoms with E-state index in [9.17, 15) is 4.79 Å². The van der Waals surface area contributed by atoms with E-state index in [1.807, 2.05) is 6.92 Å². The lowest BCUT2D eigenvalue weighted by molar-refractivity contribution is -0.145. The smallest absolute Gasteiger partial charge is 0.306 e. The topological polar surface area (TPSA) is 40.5 Å². The van der Waals surface area contributed by atoms with Gasteiger partial charge in [-0.15, -0.1) is 0 Å². The zero-order valence-electron chi connectivity index (χ0n) is 11.3. The Morgan fingerprint density at radius 2 is 2.11 bits per heavy atom. The van der Waals surface area contributed by atoms with Gasteiger partial charge < -0.3 is 5.11 Å². The fourth-order valence-corrected chi connectivity index (χ4v) is 2.47. The number of carboxylic acids is 1. The molecule has 3 heteroatoms. The molecule has 1 aromatic carbocycles. The van der Waals surface area contributed by atoms with Gasteiger partial charge in [0.25, 0.3) is 0 Å². The van der Waals surface area contributed by atoms with Crippen molar-refractivity contribution in [2.45, 2.75) is 27.3 Å². The molecule has 1 atom stereocenters. The Bertz CT molecular complexity index is 450. The summed E-state index contributed by atoms with van der Waals surface area (Å²) in [6.07, 6.45) is 0. The fourth-order valence-electron chi connectivity index (χ4n) is 2.47. The first-order valence-electron chi connectivity index (χ1n) is 6.48. The number of hydrogen-bond donors (Lipinski definition) is 1. The van der Waals surface area contributed by atoms with E-state index in [4.69, 9.17) is 5.11 Å². The Balaban J connectivity index is 1.90. The molecule has 2 rings (SSSR count). The van der Waals surface area contributed by atoms with Crippen LogP contribution in [0.2, 0.25) is 0 Å². The Morgan fingerprint density at radius 1 is 1.44 bits per heavy atom. The number of aliphatic carboxylic acids is 1. The van der Waals surface area contributed by atoms with Crippen LogP contribution in [0.4, 0.5) is 0 Å². The van der Waals surface area contributed by atoms with Crippen molar-refractivity contribution in [3.05, 3.63) is 34.9 Å². The number of aryl methyl sites for hydroxylation is 2. The van der Waals surface area contributed by atoms with Crippen molar-refractivity contribution >= 4 is 5.97 Å². The van der Waals surface area contributed by atoms with Crippen LogP contribution < -0.4 is 0 Å². The van der Waals surface area contributed by atoms with Crippen LogP contribution in [0.5, 0.6) is 0 Å². The van der Waals surface area contributed by atoms with E-state index in [1.54, 1.807) is 0 Å². The molecule has 0 spiro atoms. The van der Waals surface area contributed by atoms with Crippen LogP contribution in [0.3, 0.4) is 0 Å². The highest BCUT2D eigenvalue weighted by Crippen LogP contribution is 2.26. The van der Waals surface area contributed by atoms with Gasteiger partial charge in [-0.3, -0.25) is 9.69 Å². The Kier molecular flexibility index (Phi) is 3.71. The number of carboxylic acid groups (broad SMARTS) is 1. The van der Waals surface area contributed by atoms with E-state index in [-0.39, 0.29) is 5.92 Å². The van der Waals surface area contributed by atoms with Crippen molar-refractivity contribution in [1.29, 1.82) is 0 Å². The summed E-state index contributed by atoms with van der Waals surface area (Å²) < 4.78 is 0. The van der Waals surface area contributed by atoms with Crippen LogP contribution in [-0.4, -0.2) is 29.1 Å². The first kappa shape index (κ1) is 13.1. The van der Waals surface area contributed by atoms with Gasteiger partial charge in [0.1, 0.15) is 0 Å². The second-order valence-corrected chi connectivity index (χ2v) is 5.51. The molecular weight excluding hydrogens is 226 g/mol. The largest absolute Gasteiger partial charge is 0.481 e. The highest BCUT2D eigenvalue weighted by Gasteiger charge is 2.34. The van der Waals surface area contributed by atoms with Crippen LogP contribution in [0.1, 0.15) is 23.6 Å². The summed E-state index contributed by atoms with van der Waals surface area (Å²) in [5.41, 5.74) is 3.96. The average molecular weight is 247 g/mol. The SMILES string of the molecule is Cc1ccc(C)c(CN2CC(C(C)C(=O)O)C2)c1. The standard InChI is InChI=1S/C15H21NO2/c1-10-4-5-11(2)13(6-10)7-16-8-14(9-16)12(3)15(17)18/h4-6,12,14H,7-9H2,1-3H3,(H,17,18). The number of benzene rings is 1. The monoisotopic (exact) mass is 247 g/mol. The molecule has 0 radical (unpaired) electrons. The fraction of sp³-hybridized carbons (Fsp3) is 0.533. The van der Waals surface area contributed by atoms with Crippen molar-refractivity contribution in [3.8, 4) is 0 Å². The minimum absolute atomic E-state index is 0.222. The van der Waals surface area contributed by atoms with E-state index in [0.717, 1.165) is 19.6 Å². The van der Waals surface area contributed by atoms with Gasteiger partial charge in [-0.05, 0) is 30.9 Å². The molecule has 1 unspecified atom stereocenters. The highest BCUT2D eigenvalue weighted by atomic mass is 16.4. The van der Waals surface area contributed by atoms with Crippen LogP contribution >= 0.6 is 0 Å². The van der Waals surface area contributed by atoms with Crippen molar-refractivity contribution in [1.82, 2.24) is 4.90 Å². The van der Waals surface area contributed by atoms with Gasteiger partial charge in [0.05, 0.1) is 5.92 Å². The van der Waals surface area contributed by atoms with Gasteiger partial charge in [0.2, 0.25) is 0 Å². The average Bonchev–Trinajstić information content (AvgIpc) is 2.26. The summed E-state index contributed by atoms with van der Waals surface area (Å²) in [5, 5.41) is 8.96. The number of likely N-dealkylation sites (tertiary alicyclic amines) is 1. The summed E-state index contributed by atoms with van der Waals surface area (Å²) >= 11 is 0. The summed E-state index contributed by atoms with van der Waals surface area (Å²) in [6.45, 7) is 8.79. The first-order valence-corrected chi connectivity index (χ1v) is 6.48. The number of carbonyl (C=O) groups is 1. The van der Waals surface area contributed by atoms with Gasteiger partial charge in [-0.25, -0.2) is 0 Å². The van der Waals surface area contributed by atoms with Gasteiger partial charge in [0, 0.05) is 19.6 Å². The zero-order valence-corrected chi connectivity index (χ0v) is 11.3. The molecule has 1 saturated heterocycles. The molecule has 0 aliphatic carbocycles. The molecule has 0 saturated carbocycles. The second-order valence-electron chi connectivity index (χ2n) is 5.51. The third-order valence-corrected chi connectivity index (χ3v) is 3.98. The van der Waals surface area contributed by atoms with Crippen LogP contribution in [0.25, 0.3) is 0 Å². The van der Waals surface area contributed by atoms with Gasteiger partial charge in [0.15, 0.2) is 0 Å². The third kappa shape index (κ3) is 2.72. The lowest BCUT2D eigenvalue weighted by atomic mass is 9.86. The molecule has 1 fully saturated rings. The molecule has 1 aliphatic rings. The predicted molar refractivity (Wildman–Crippen MR) is 71.5 cm³/mol. The summed E-state index contributed by atoms with van der Waals surface area (Å²) in [7, 11) is 0. The Hall–Kier alpha value is -1.35. The van der Waals surface area contributed by atoms with Crippen molar-refractivity contribution in [2.75, 3.05) is 13.1 Å². The molecule has 98 valence electrons. The Morgan fingerprint density at radius 3 is 2.72 bits per heavy atom. The summed E-state index contributed by atoms with van der Waals surface area (Å²) in [6, 6.07) is 6.51. The van der Waals surface area contributed by atoms with E-state index in [2.05, 4.69) is 36.9 Å². The second kappa shape index (κ2) is 5.11. The maximum Gasteiger partial charge on any atom is 0.306 e. The quantitative estimate of drug-likeness (QED) is 0.888. The van der Waals surface area contributed by atoms with E-state index in [1.165, 1.54) is 16.7 Å². The number of nitrogens with zero attached hydrogens (tertiary/aromatic N) is 1. The highest BCUT2D eigenvalue weighted by molar-refractivity contribution is 5.70. The molecule has 1 heterocycles. The van der Waals surface area contributed by atoms with Crippen molar-refractivity contribution < 1.29 is 9.90 Å². The Labute approximate surface area is 108 Å². The molecule has 3 nitrogen and oxygen atoms in total. The summed E-state index contributed by atoms with van der Waals surface area (Å²) in [4.78, 5) is 13.2. The minimum atomic E-state index is -0.675. The molecule has 1 aliphatic heterocycles. The van der Waals surface area contributed by atoms with Crippen molar-refractivity contribution in [3.63, 3.8) is 0 Å². The first-order chi connectivity index (χ1) is 8.47. The molecular formula is C15H21NO2. The molecule has 1 N–H and O–H groups in total. The van der Waals surface area contributed by atoms with E-state index >= 15 is 0 Å². The molecule has 1 aromatic rings. The number of rotatable bonds is 4. The zero-order chi connectivity index (χ0) is 13.3. The van der Waals surface area contributed by atoms with Crippen LogP contribution in [-0.2, 0) is 11.3 Å². The molecule has 0 aromatic heterocycles. The van der Waals surface area contributed by atoms with Gasteiger partial charge in [-0.1, -0.05) is 30.7 Å². The summed E-state index contributed by atoms with van der Waals surface area (Å²) in [5.74, 6) is -0.584. The van der Waals surface area contributed by atoms with Crippen LogP contribution in [0.15, 0.2) is 18.2 Å². The van der Waals surface area contributed by atoms with Crippen LogP contribution in [0, 0.1) is 25.7 Å². The lowest BCUT2D eigenvalue weighted by Gasteiger charge is -2.41. The third-order valence-electron chi connectivity index (χ3n) is 3.98. The molecule has 0 amide bonds. The minimum Gasteiger partial charge on any atom is -0.481 e. The molecule has 0 bridgehead atoms. The maximum atomic E-state index is 10.9.